The Kier molecular flexibility index (Phi) is 9.14. The summed E-state index contributed by atoms with van der Waals surface area (Å²) in [5, 5.41) is 0. The third kappa shape index (κ3) is 4.26. The fourth-order valence-electron chi connectivity index (χ4n) is 3.54. The average Bonchev–Trinajstić information content (AvgIpc) is 3.00. The summed E-state index contributed by atoms with van der Waals surface area (Å²) < 4.78 is 24.6. The van der Waals surface area contributed by atoms with E-state index in [4.69, 9.17) is 23.7 Å². The summed E-state index contributed by atoms with van der Waals surface area (Å²) in [4.78, 5) is 78.2. The van der Waals surface area contributed by atoms with Crippen LogP contribution < -0.4 is 0 Å². The second-order valence-corrected chi connectivity index (χ2v) is 6.43. The maximum atomic E-state index is 13.7. The van der Waals surface area contributed by atoms with Crippen LogP contribution in [-0.4, -0.2) is 68.7 Å². The molecule has 1 atom stereocenters. The molecule has 0 heterocycles. The van der Waals surface area contributed by atoms with Gasteiger partial charge in [-0.05, 0) is 41.0 Å². The molecule has 31 heavy (non-hydrogen) atoms. The number of hydrogen-bond donors (Lipinski definition) is 0. The monoisotopic (exact) mass is 444 g/mol. The molecule has 0 N–H and O–H groups in total. The molecule has 1 unspecified atom stereocenters. The van der Waals surface area contributed by atoms with Crippen LogP contribution in [0.1, 0.15) is 41.0 Å². The van der Waals surface area contributed by atoms with Gasteiger partial charge in [-0.2, -0.15) is 0 Å². The molecule has 0 amide bonds. The lowest BCUT2D eigenvalue weighted by Gasteiger charge is -2.28. The van der Waals surface area contributed by atoms with Gasteiger partial charge in [-0.3, -0.25) is 28.8 Å². The average molecular weight is 444 g/mol. The van der Waals surface area contributed by atoms with Crippen LogP contribution in [0.3, 0.4) is 0 Å². The van der Waals surface area contributed by atoms with Gasteiger partial charge >= 0.3 is 29.8 Å². The highest BCUT2D eigenvalue weighted by atomic mass is 16.6. The smallest absolute Gasteiger partial charge is 0.332 e. The molecule has 11 nitrogen and oxygen atoms in total. The normalized spacial score (nSPS) is 18.6. The van der Waals surface area contributed by atoms with Gasteiger partial charge in [0.2, 0.25) is 10.8 Å². The van der Waals surface area contributed by atoms with Gasteiger partial charge in [0.25, 0.3) is 0 Å². The molecule has 1 aliphatic carbocycles. The first-order chi connectivity index (χ1) is 14.7. The molecular formula is C20H28O11. The van der Waals surface area contributed by atoms with Gasteiger partial charge in [0, 0.05) is 0 Å². The molecule has 174 valence electrons. The Morgan fingerprint density at radius 3 is 1.39 bits per heavy atom. The van der Waals surface area contributed by atoms with Crippen LogP contribution in [0.25, 0.3) is 0 Å². The lowest BCUT2D eigenvalue weighted by Crippen LogP contribution is -2.56. The van der Waals surface area contributed by atoms with Gasteiger partial charge in [-0.15, -0.1) is 0 Å². The first-order valence-electron chi connectivity index (χ1n) is 10.1. The van der Waals surface area contributed by atoms with Gasteiger partial charge in [0.15, 0.2) is 5.78 Å². The second kappa shape index (κ2) is 10.9. The molecule has 1 saturated carbocycles. The minimum absolute atomic E-state index is 0.156. The number of hydrogen-bond acceptors (Lipinski definition) is 11. The number of Topliss-reactive ketones (excluding diaryl/α,β-unsaturated/α-hetero) is 1. The third-order valence-corrected chi connectivity index (χ3v) is 4.79. The number of ether oxygens (including phenoxy) is 5. The van der Waals surface area contributed by atoms with Gasteiger partial charge in [-0.25, -0.2) is 0 Å². The molecular weight excluding hydrogens is 416 g/mol. The molecule has 0 saturated heterocycles. The van der Waals surface area contributed by atoms with Crippen molar-refractivity contribution in [2.45, 2.75) is 41.0 Å². The molecule has 0 aliphatic heterocycles. The van der Waals surface area contributed by atoms with E-state index in [2.05, 4.69) is 0 Å². The fourth-order valence-corrected chi connectivity index (χ4v) is 3.54. The first-order valence-corrected chi connectivity index (χ1v) is 10.1. The molecule has 11 heteroatoms. The topological polar surface area (TPSA) is 149 Å². The fraction of sp³-hybridized carbons (Fsp3) is 0.700. The van der Waals surface area contributed by atoms with Gasteiger partial charge in [0.05, 0.1) is 39.0 Å². The van der Waals surface area contributed by atoms with E-state index in [0.717, 1.165) is 0 Å². The number of carbonyl (C=O) groups is 6. The van der Waals surface area contributed by atoms with Crippen LogP contribution in [0.15, 0.2) is 0 Å². The Morgan fingerprint density at radius 2 is 1.03 bits per heavy atom. The molecule has 0 aromatic heterocycles. The van der Waals surface area contributed by atoms with Crippen molar-refractivity contribution in [3.05, 3.63) is 0 Å². The lowest BCUT2D eigenvalue weighted by molar-refractivity contribution is -0.183. The number of esters is 5. The SMILES string of the molecule is CCOC(=O)C1CC(C(=O)OCC)(C(=O)OCC)C(=O)C1(C(=O)OCC)C(=O)OCC. The van der Waals surface area contributed by atoms with Crippen LogP contribution in [-0.2, 0) is 52.5 Å². The Balaban J connectivity index is 3.91. The highest BCUT2D eigenvalue weighted by Gasteiger charge is 2.79. The van der Waals surface area contributed by atoms with Crippen LogP contribution in [0.2, 0.25) is 0 Å². The van der Waals surface area contributed by atoms with Crippen molar-refractivity contribution >= 4 is 35.6 Å². The van der Waals surface area contributed by atoms with Crippen LogP contribution in [0, 0.1) is 16.7 Å². The predicted molar refractivity (Wildman–Crippen MR) is 101 cm³/mol. The van der Waals surface area contributed by atoms with Gasteiger partial charge < -0.3 is 23.7 Å². The summed E-state index contributed by atoms with van der Waals surface area (Å²) in [6.45, 7) is 6.06. The summed E-state index contributed by atoms with van der Waals surface area (Å²) in [6.07, 6.45) is -0.875. The molecule has 0 aromatic carbocycles. The highest BCUT2D eigenvalue weighted by molar-refractivity contribution is 6.35. The summed E-state index contributed by atoms with van der Waals surface area (Å²) in [5.41, 5.74) is -5.68. The maximum absolute atomic E-state index is 13.7. The van der Waals surface area contributed by atoms with E-state index in [1.807, 2.05) is 0 Å². The van der Waals surface area contributed by atoms with E-state index in [1.54, 1.807) is 0 Å². The Bertz CT molecular complexity index is 703. The van der Waals surface area contributed by atoms with E-state index < -0.39 is 58.8 Å². The van der Waals surface area contributed by atoms with Crippen molar-refractivity contribution in [1.29, 1.82) is 0 Å². The Hall–Kier alpha value is -2.98. The molecule has 0 bridgehead atoms. The first kappa shape index (κ1) is 26.1. The summed E-state index contributed by atoms with van der Waals surface area (Å²) in [6, 6.07) is 0. The quantitative estimate of drug-likeness (QED) is 0.261. The Labute approximate surface area is 179 Å². The minimum atomic E-state index is -2.93. The maximum Gasteiger partial charge on any atom is 0.332 e. The Morgan fingerprint density at radius 1 is 0.677 bits per heavy atom. The van der Waals surface area contributed by atoms with E-state index in [1.165, 1.54) is 34.6 Å². The second-order valence-electron chi connectivity index (χ2n) is 6.43. The van der Waals surface area contributed by atoms with Crippen LogP contribution in [0.4, 0.5) is 0 Å². The zero-order chi connectivity index (χ0) is 23.8. The summed E-state index contributed by atoms with van der Waals surface area (Å²) in [7, 11) is 0. The molecule has 0 radical (unpaired) electrons. The van der Waals surface area contributed by atoms with Gasteiger partial charge in [0.1, 0.15) is 0 Å². The predicted octanol–water partition coefficient (Wildman–Crippen LogP) is 0.364. The van der Waals surface area contributed by atoms with Crippen molar-refractivity contribution < 1.29 is 52.5 Å². The van der Waals surface area contributed by atoms with Crippen molar-refractivity contribution in [3.8, 4) is 0 Å². The number of rotatable bonds is 10. The van der Waals surface area contributed by atoms with Gasteiger partial charge in [-0.1, -0.05) is 0 Å². The minimum Gasteiger partial charge on any atom is -0.466 e. The summed E-state index contributed by atoms with van der Waals surface area (Å²) in [5.74, 6) is -10.0. The lowest BCUT2D eigenvalue weighted by atomic mass is 9.74. The van der Waals surface area contributed by atoms with Crippen molar-refractivity contribution in [3.63, 3.8) is 0 Å². The molecule has 0 spiro atoms. The molecule has 1 rings (SSSR count). The summed E-state index contributed by atoms with van der Waals surface area (Å²) >= 11 is 0. The molecule has 1 fully saturated rings. The van der Waals surface area contributed by atoms with Crippen LogP contribution in [0.5, 0.6) is 0 Å². The number of carbonyl (C=O) groups excluding carboxylic acids is 6. The van der Waals surface area contributed by atoms with Crippen molar-refractivity contribution in [2.75, 3.05) is 33.0 Å². The number of ketones is 1. The van der Waals surface area contributed by atoms with E-state index >= 15 is 0 Å². The van der Waals surface area contributed by atoms with E-state index in [9.17, 15) is 28.8 Å². The third-order valence-electron chi connectivity index (χ3n) is 4.79. The highest BCUT2D eigenvalue weighted by Crippen LogP contribution is 2.53. The zero-order valence-electron chi connectivity index (χ0n) is 18.3. The zero-order valence-corrected chi connectivity index (χ0v) is 18.3. The van der Waals surface area contributed by atoms with E-state index in [0.29, 0.717) is 0 Å². The van der Waals surface area contributed by atoms with E-state index in [-0.39, 0.29) is 33.0 Å². The molecule has 0 aromatic rings. The van der Waals surface area contributed by atoms with Crippen LogP contribution >= 0.6 is 0 Å². The largest absolute Gasteiger partial charge is 0.466 e. The van der Waals surface area contributed by atoms with Crippen molar-refractivity contribution in [2.24, 2.45) is 16.7 Å². The van der Waals surface area contributed by atoms with Crippen molar-refractivity contribution in [1.82, 2.24) is 0 Å². The standard InChI is InChI=1S/C20H28O11/c1-6-27-13(21)12-11-19(15(23)28-7-2,16(24)29-8-3)14(22)20(12,17(25)30-9-4)18(26)31-10-5/h12H,6-11H2,1-5H3. The molecule has 1 aliphatic rings.